The second kappa shape index (κ2) is 10.4. The summed E-state index contributed by atoms with van der Waals surface area (Å²) >= 11 is 0. The minimum Gasteiger partial charge on any atom is -0.464 e. The van der Waals surface area contributed by atoms with E-state index in [0.717, 1.165) is 0 Å². The first kappa shape index (κ1) is 23.4. The van der Waals surface area contributed by atoms with Gasteiger partial charge < -0.3 is 20.2 Å². The number of carbonyl (C=O) groups excluding carboxylic acids is 2. The molecular weight excluding hydrogens is 414 g/mol. The van der Waals surface area contributed by atoms with Gasteiger partial charge in [-0.05, 0) is 43.0 Å². The molecule has 2 aromatic rings. The number of para-hydroxylation sites is 1. The maximum absolute atomic E-state index is 13.4. The predicted molar refractivity (Wildman–Crippen MR) is 118 cm³/mol. The molecule has 2 heterocycles. The molecule has 3 rings (SSSR count). The number of piperidine rings is 1. The Hall–Kier alpha value is -3.27. The highest BCUT2D eigenvalue weighted by Crippen LogP contribution is 2.33. The lowest BCUT2D eigenvalue weighted by molar-refractivity contribution is -0.392. The molecule has 1 aliphatic heterocycles. The number of nitrogens with zero attached hydrogens (tertiary/aromatic N) is 4. The highest BCUT2D eigenvalue weighted by atomic mass is 16.6. The van der Waals surface area contributed by atoms with Gasteiger partial charge in [0.25, 0.3) is 0 Å². The SMILES string of the molecule is CCC(=O)N(c1ccccc1)C1(C(=O)OCCCn2c([N+](=O)[O-])cnc2C)CCNCC1. The predicted octanol–water partition coefficient (Wildman–Crippen LogP) is 2.60. The summed E-state index contributed by atoms with van der Waals surface area (Å²) in [5, 5.41) is 14.4. The number of anilines is 1. The van der Waals surface area contributed by atoms with Gasteiger partial charge in [0.05, 0.1) is 13.2 Å². The molecule has 10 nitrogen and oxygen atoms in total. The zero-order valence-corrected chi connectivity index (χ0v) is 18.5. The maximum atomic E-state index is 13.4. The van der Waals surface area contributed by atoms with E-state index in [1.54, 1.807) is 18.7 Å². The third kappa shape index (κ3) is 4.80. The van der Waals surface area contributed by atoms with E-state index >= 15 is 0 Å². The first-order valence-electron chi connectivity index (χ1n) is 10.8. The number of benzene rings is 1. The van der Waals surface area contributed by atoms with E-state index in [0.29, 0.717) is 50.4 Å². The Morgan fingerprint density at radius 1 is 1.28 bits per heavy atom. The zero-order chi connectivity index (χ0) is 23.1. The molecule has 1 saturated heterocycles. The molecule has 0 spiro atoms. The number of nitrogens with one attached hydrogen (secondary N) is 1. The van der Waals surface area contributed by atoms with Crippen LogP contribution in [-0.2, 0) is 20.9 Å². The van der Waals surface area contributed by atoms with Crippen LogP contribution in [0.2, 0.25) is 0 Å². The summed E-state index contributed by atoms with van der Waals surface area (Å²) in [4.78, 5) is 42.6. The van der Waals surface area contributed by atoms with Crippen LogP contribution in [0, 0.1) is 17.0 Å². The fourth-order valence-corrected chi connectivity index (χ4v) is 4.12. The van der Waals surface area contributed by atoms with Gasteiger partial charge >= 0.3 is 11.8 Å². The number of hydrogen-bond acceptors (Lipinski definition) is 7. The lowest BCUT2D eigenvalue weighted by atomic mass is 9.85. The van der Waals surface area contributed by atoms with Gasteiger partial charge in [-0.1, -0.05) is 25.1 Å². The molecule has 0 radical (unpaired) electrons. The van der Waals surface area contributed by atoms with Crippen LogP contribution < -0.4 is 10.2 Å². The number of nitro groups is 1. The molecule has 1 aromatic heterocycles. The van der Waals surface area contributed by atoms with Gasteiger partial charge in [-0.3, -0.25) is 9.69 Å². The van der Waals surface area contributed by atoms with Crippen molar-refractivity contribution in [2.24, 2.45) is 0 Å². The van der Waals surface area contributed by atoms with Crippen LogP contribution >= 0.6 is 0 Å². The van der Waals surface area contributed by atoms with Crippen molar-refractivity contribution in [3.8, 4) is 0 Å². The Labute approximate surface area is 186 Å². The normalized spacial score (nSPS) is 15.2. The van der Waals surface area contributed by atoms with E-state index in [9.17, 15) is 19.7 Å². The molecule has 0 unspecified atom stereocenters. The quantitative estimate of drug-likeness (QED) is 0.274. The second-order valence-electron chi connectivity index (χ2n) is 7.76. The fraction of sp³-hybridized carbons (Fsp3) is 0.500. The van der Waals surface area contributed by atoms with Crippen molar-refractivity contribution in [1.29, 1.82) is 0 Å². The van der Waals surface area contributed by atoms with Crippen LogP contribution in [-0.4, -0.2) is 51.6 Å². The van der Waals surface area contributed by atoms with Crippen LogP contribution in [0.25, 0.3) is 0 Å². The minimum absolute atomic E-state index is 0.0890. The summed E-state index contributed by atoms with van der Waals surface area (Å²) in [6.07, 6.45) is 2.77. The number of aryl methyl sites for hydroxylation is 1. The molecule has 172 valence electrons. The average molecular weight is 444 g/mol. The van der Waals surface area contributed by atoms with E-state index in [1.807, 2.05) is 30.3 Å². The highest BCUT2D eigenvalue weighted by Gasteiger charge is 2.48. The summed E-state index contributed by atoms with van der Waals surface area (Å²) in [7, 11) is 0. The highest BCUT2D eigenvalue weighted by molar-refractivity contribution is 6.02. The summed E-state index contributed by atoms with van der Waals surface area (Å²) in [6, 6.07) is 9.19. The third-order valence-corrected chi connectivity index (χ3v) is 5.79. The number of imidazole rings is 1. The summed E-state index contributed by atoms with van der Waals surface area (Å²) in [5.74, 6) is -0.143. The minimum atomic E-state index is -1.09. The second-order valence-corrected chi connectivity index (χ2v) is 7.76. The average Bonchev–Trinajstić information content (AvgIpc) is 3.18. The number of aromatic nitrogens is 2. The molecule has 1 fully saturated rings. The number of carbonyl (C=O) groups is 2. The molecular formula is C22H29N5O5. The third-order valence-electron chi connectivity index (χ3n) is 5.79. The van der Waals surface area contributed by atoms with Crippen molar-refractivity contribution in [1.82, 2.24) is 14.9 Å². The van der Waals surface area contributed by atoms with E-state index in [4.69, 9.17) is 4.74 Å². The van der Waals surface area contributed by atoms with Gasteiger partial charge in [-0.2, -0.15) is 0 Å². The molecule has 0 saturated carbocycles. The molecule has 1 N–H and O–H groups in total. The van der Waals surface area contributed by atoms with Crippen molar-refractivity contribution < 1.29 is 19.2 Å². The molecule has 0 aliphatic carbocycles. The molecule has 1 aliphatic rings. The smallest absolute Gasteiger partial charge is 0.342 e. The van der Waals surface area contributed by atoms with Crippen molar-refractivity contribution in [2.75, 3.05) is 24.6 Å². The van der Waals surface area contributed by atoms with Gasteiger partial charge in [-0.15, -0.1) is 0 Å². The lowest BCUT2D eigenvalue weighted by Gasteiger charge is -2.44. The topological polar surface area (TPSA) is 120 Å². The number of rotatable bonds is 9. The number of hydrogen-bond donors (Lipinski definition) is 1. The first-order valence-corrected chi connectivity index (χ1v) is 10.8. The summed E-state index contributed by atoms with van der Waals surface area (Å²) < 4.78 is 7.15. The van der Waals surface area contributed by atoms with Crippen molar-refractivity contribution in [3.63, 3.8) is 0 Å². The fourth-order valence-electron chi connectivity index (χ4n) is 4.12. The van der Waals surface area contributed by atoms with Crippen LogP contribution in [0.15, 0.2) is 36.5 Å². The molecule has 0 bridgehead atoms. The Bertz CT molecular complexity index is 953. The van der Waals surface area contributed by atoms with Crippen molar-refractivity contribution in [2.45, 2.75) is 51.6 Å². The van der Waals surface area contributed by atoms with Gasteiger partial charge in [0, 0.05) is 25.5 Å². The standard InChI is InChI=1S/C22H29N5O5/c1-3-20(28)26(18-8-5-4-6-9-18)22(10-12-23-13-11-22)21(29)32-15-7-14-25-17(2)24-16-19(25)27(30)31/h4-6,8-9,16,23H,3,7,10-15H2,1-2H3. The molecule has 0 atom stereocenters. The van der Waals surface area contributed by atoms with E-state index in [2.05, 4.69) is 10.3 Å². The van der Waals surface area contributed by atoms with E-state index < -0.39 is 16.4 Å². The van der Waals surface area contributed by atoms with Gasteiger partial charge in [0.15, 0.2) is 5.82 Å². The number of amides is 1. The zero-order valence-electron chi connectivity index (χ0n) is 18.5. The van der Waals surface area contributed by atoms with Gasteiger partial charge in [0.1, 0.15) is 11.7 Å². The number of esters is 1. The Morgan fingerprint density at radius 3 is 2.59 bits per heavy atom. The van der Waals surface area contributed by atoms with Gasteiger partial charge in [-0.25, -0.2) is 14.3 Å². The van der Waals surface area contributed by atoms with Crippen LogP contribution in [0.5, 0.6) is 0 Å². The molecule has 1 amide bonds. The Balaban J connectivity index is 1.75. The van der Waals surface area contributed by atoms with Gasteiger partial charge in [0.2, 0.25) is 5.91 Å². The lowest BCUT2D eigenvalue weighted by Crippen LogP contribution is -2.62. The van der Waals surface area contributed by atoms with Crippen molar-refractivity contribution in [3.05, 3.63) is 52.5 Å². The maximum Gasteiger partial charge on any atom is 0.342 e. The largest absolute Gasteiger partial charge is 0.464 e. The van der Waals surface area contributed by atoms with E-state index in [1.165, 1.54) is 10.8 Å². The Morgan fingerprint density at radius 2 is 1.97 bits per heavy atom. The monoisotopic (exact) mass is 443 g/mol. The van der Waals surface area contributed by atoms with Crippen LogP contribution in [0.3, 0.4) is 0 Å². The van der Waals surface area contributed by atoms with Crippen LogP contribution in [0.4, 0.5) is 11.5 Å². The molecule has 32 heavy (non-hydrogen) atoms. The summed E-state index contributed by atoms with van der Waals surface area (Å²) in [6.45, 7) is 5.05. The Kier molecular flexibility index (Phi) is 7.57. The van der Waals surface area contributed by atoms with Crippen LogP contribution in [0.1, 0.15) is 38.4 Å². The molecule has 10 heteroatoms. The van der Waals surface area contributed by atoms with Crippen molar-refractivity contribution >= 4 is 23.4 Å². The summed E-state index contributed by atoms with van der Waals surface area (Å²) in [5.41, 5.74) is -0.417. The molecule has 1 aromatic carbocycles. The van der Waals surface area contributed by atoms with E-state index in [-0.39, 0.29) is 24.8 Å². The number of ether oxygens (including phenoxy) is 1. The first-order chi connectivity index (χ1) is 15.4.